The number of aromatic nitrogens is 1. The summed E-state index contributed by atoms with van der Waals surface area (Å²) in [7, 11) is 0. The van der Waals surface area contributed by atoms with Crippen LogP contribution in [0.15, 0.2) is 34.8 Å². The Morgan fingerprint density at radius 1 is 1.00 bits per heavy atom. The zero-order valence-electron chi connectivity index (χ0n) is 16.6. The molecular formula is C23H29NO4. The number of oxazole rings is 1. The second-order valence-electron chi connectivity index (χ2n) is 7.47. The van der Waals surface area contributed by atoms with Crippen LogP contribution in [0, 0.1) is 6.92 Å². The van der Waals surface area contributed by atoms with Crippen LogP contribution in [0.4, 0.5) is 0 Å². The number of ether oxygens (including phenoxy) is 1. The Balaban J connectivity index is 1.76. The van der Waals surface area contributed by atoms with E-state index in [1.807, 2.05) is 18.2 Å². The second kappa shape index (κ2) is 10.2. The van der Waals surface area contributed by atoms with E-state index in [0.717, 1.165) is 49.6 Å². The molecular weight excluding hydrogens is 354 g/mol. The number of hydrogen-bond acceptors (Lipinski definition) is 5. The van der Waals surface area contributed by atoms with Crippen LogP contribution in [0.5, 0.6) is 0 Å². The number of Topliss-reactive ketones (excluding diaryl/α,β-unsaturated/α-hetero) is 1. The number of nitrogens with zero attached hydrogens (tertiary/aromatic N) is 1. The number of esters is 1. The Kier molecular flexibility index (Phi) is 7.40. The standard InChI is InChI=1S/C23H29NO4/c1-17-24-21-16-18(11-14-22(21)28-17)20-13-12-19(25)10-8-6-4-2-3-5-7-9-15-27-23(20)26/h5,7,11,14,16,20H,2-4,6,8-10,12-13,15H2,1H3/b7-5+. The number of cyclic esters (lactones) is 1. The van der Waals surface area contributed by atoms with Crippen molar-refractivity contribution in [3.05, 3.63) is 41.8 Å². The predicted molar refractivity (Wildman–Crippen MR) is 108 cm³/mol. The van der Waals surface area contributed by atoms with E-state index in [1.54, 1.807) is 6.92 Å². The van der Waals surface area contributed by atoms with Gasteiger partial charge in [-0.25, -0.2) is 4.98 Å². The molecule has 0 N–H and O–H groups in total. The number of carbonyl (C=O) groups is 2. The van der Waals surface area contributed by atoms with Gasteiger partial charge in [0.2, 0.25) is 0 Å². The maximum absolute atomic E-state index is 12.8. The number of hydrogen-bond donors (Lipinski definition) is 0. The number of ketones is 1. The first-order valence-corrected chi connectivity index (χ1v) is 10.3. The van der Waals surface area contributed by atoms with Crippen LogP contribution in [0.25, 0.3) is 11.1 Å². The molecule has 28 heavy (non-hydrogen) atoms. The summed E-state index contributed by atoms with van der Waals surface area (Å²) >= 11 is 0. The molecule has 0 bridgehead atoms. The molecule has 1 atom stereocenters. The lowest BCUT2D eigenvalue weighted by atomic mass is 9.92. The average molecular weight is 383 g/mol. The molecule has 2 aromatic rings. The van der Waals surface area contributed by atoms with E-state index >= 15 is 0 Å². The van der Waals surface area contributed by atoms with Gasteiger partial charge in [-0.2, -0.15) is 0 Å². The molecule has 0 spiro atoms. The zero-order chi connectivity index (χ0) is 19.8. The molecule has 5 heteroatoms. The molecule has 0 saturated heterocycles. The van der Waals surface area contributed by atoms with Crippen LogP contribution in [0.1, 0.15) is 75.2 Å². The molecule has 1 aliphatic rings. The number of rotatable bonds is 1. The van der Waals surface area contributed by atoms with Gasteiger partial charge in [0.25, 0.3) is 0 Å². The quantitative estimate of drug-likeness (QED) is 0.486. The van der Waals surface area contributed by atoms with Gasteiger partial charge in [0.15, 0.2) is 11.5 Å². The first-order valence-electron chi connectivity index (χ1n) is 10.3. The Morgan fingerprint density at radius 2 is 1.82 bits per heavy atom. The van der Waals surface area contributed by atoms with Gasteiger partial charge >= 0.3 is 5.97 Å². The van der Waals surface area contributed by atoms with E-state index in [0.29, 0.717) is 37.3 Å². The van der Waals surface area contributed by atoms with Crippen molar-refractivity contribution < 1.29 is 18.7 Å². The molecule has 2 heterocycles. The SMILES string of the molecule is Cc1nc2cc(C3CCC(=O)CCCCCC/C=C/CCOC3=O)ccc2o1. The minimum Gasteiger partial charge on any atom is -0.465 e. The van der Waals surface area contributed by atoms with E-state index in [2.05, 4.69) is 17.1 Å². The fourth-order valence-electron chi connectivity index (χ4n) is 3.63. The van der Waals surface area contributed by atoms with E-state index in [4.69, 9.17) is 9.15 Å². The van der Waals surface area contributed by atoms with Gasteiger partial charge in [-0.1, -0.05) is 31.1 Å². The number of allylic oxidation sites excluding steroid dienone is 1. The molecule has 5 nitrogen and oxygen atoms in total. The molecule has 0 radical (unpaired) electrons. The van der Waals surface area contributed by atoms with Crippen molar-refractivity contribution in [1.29, 1.82) is 0 Å². The summed E-state index contributed by atoms with van der Waals surface area (Å²) in [6.07, 6.45) is 11.8. The number of aryl methyl sites for hydroxylation is 1. The van der Waals surface area contributed by atoms with Gasteiger partial charge in [-0.05, 0) is 49.8 Å². The van der Waals surface area contributed by atoms with Gasteiger partial charge in [0, 0.05) is 19.8 Å². The Bertz CT molecular complexity index is 836. The van der Waals surface area contributed by atoms with Crippen LogP contribution in [-0.2, 0) is 14.3 Å². The van der Waals surface area contributed by atoms with E-state index in [9.17, 15) is 9.59 Å². The maximum Gasteiger partial charge on any atom is 0.313 e. The summed E-state index contributed by atoms with van der Waals surface area (Å²) in [4.78, 5) is 29.4. The molecule has 0 amide bonds. The molecule has 1 aliphatic heterocycles. The summed E-state index contributed by atoms with van der Waals surface area (Å²) in [6.45, 7) is 2.16. The summed E-state index contributed by atoms with van der Waals surface area (Å²) in [5.41, 5.74) is 2.25. The van der Waals surface area contributed by atoms with Crippen molar-refractivity contribution in [3.8, 4) is 0 Å². The van der Waals surface area contributed by atoms with Crippen LogP contribution in [0.3, 0.4) is 0 Å². The lowest BCUT2D eigenvalue weighted by Gasteiger charge is -2.16. The topological polar surface area (TPSA) is 69.4 Å². The molecule has 1 aromatic carbocycles. The van der Waals surface area contributed by atoms with Crippen molar-refractivity contribution in [3.63, 3.8) is 0 Å². The fourth-order valence-corrected chi connectivity index (χ4v) is 3.63. The minimum atomic E-state index is -0.456. The number of benzene rings is 1. The van der Waals surface area contributed by atoms with Gasteiger partial charge in [-0.3, -0.25) is 9.59 Å². The lowest BCUT2D eigenvalue weighted by molar-refractivity contribution is -0.145. The molecule has 0 saturated carbocycles. The Morgan fingerprint density at radius 3 is 2.71 bits per heavy atom. The third-order valence-electron chi connectivity index (χ3n) is 5.19. The smallest absolute Gasteiger partial charge is 0.313 e. The highest BCUT2D eigenvalue weighted by Crippen LogP contribution is 2.27. The third-order valence-corrected chi connectivity index (χ3v) is 5.19. The van der Waals surface area contributed by atoms with Crippen molar-refractivity contribution >= 4 is 22.9 Å². The van der Waals surface area contributed by atoms with Crippen molar-refractivity contribution in [1.82, 2.24) is 4.98 Å². The van der Waals surface area contributed by atoms with E-state index in [1.165, 1.54) is 0 Å². The summed E-state index contributed by atoms with van der Waals surface area (Å²) in [5.74, 6) is 0.0907. The number of carbonyl (C=O) groups excluding carboxylic acids is 2. The molecule has 0 fully saturated rings. The van der Waals surface area contributed by atoms with Crippen LogP contribution in [0.2, 0.25) is 0 Å². The van der Waals surface area contributed by atoms with Crippen LogP contribution >= 0.6 is 0 Å². The summed E-state index contributed by atoms with van der Waals surface area (Å²) in [6, 6.07) is 5.59. The summed E-state index contributed by atoms with van der Waals surface area (Å²) in [5, 5.41) is 0. The van der Waals surface area contributed by atoms with E-state index in [-0.39, 0.29) is 11.8 Å². The lowest BCUT2D eigenvalue weighted by Crippen LogP contribution is -2.18. The molecule has 0 aliphatic carbocycles. The van der Waals surface area contributed by atoms with Gasteiger partial charge in [-0.15, -0.1) is 0 Å². The van der Waals surface area contributed by atoms with Crippen LogP contribution in [-0.4, -0.2) is 23.3 Å². The highest BCUT2D eigenvalue weighted by atomic mass is 16.5. The Labute approximate surface area is 166 Å². The minimum absolute atomic E-state index is 0.225. The van der Waals surface area contributed by atoms with Gasteiger partial charge < -0.3 is 9.15 Å². The van der Waals surface area contributed by atoms with Crippen LogP contribution < -0.4 is 0 Å². The monoisotopic (exact) mass is 383 g/mol. The second-order valence-corrected chi connectivity index (χ2v) is 7.47. The fraction of sp³-hybridized carbons (Fsp3) is 0.522. The first-order chi connectivity index (χ1) is 13.6. The van der Waals surface area contributed by atoms with Crippen molar-refractivity contribution in [2.75, 3.05) is 6.61 Å². The van der Waals surface area contributed by atoms with E-state index < -0.39 is 5.92 Å². The Hall–Kier alpha value is -2.43. The van der Waals surface area contributed by atoms with Crippen molar-refractivity contribution in [2.45, 2.75) is 70.6 Å². The zero-order valence-corrected chi connectivity index (χ0v) is 16.6. The maximum atomic E-state index is 12.8. The molecule has 1 unspecified atom stereocenters. The largest absolute Gasteiger partial charge is 0.465 e. The summed E-state index contributed by atoms with van der Waals surface area (Å²) < 4.78 is 11.0. The average Bonchev–Trinajstić information content (AvgIpc) is 3.04. The molecule has 150 valence electrons. The molecule has 3 rings (SSSR count). The van der Waals surface area contributed by atoms with Gasteiger partial charge in [0.1, 0.15) is 11.3 Å². The number of fused-ring (bicyclic) bond motifs is 1. The molecule has 1 aromatic heterocycles. The highest BCUT2D eigenvalue weighted by Gasteiger charge is 2.24. The normalized spacial score (nSPS) is 22.1. The van der Waals surface area contributed by atoms with Gasteiger partial charge in [0.05, 0.1) is 12.5 Å². The predicted octanol–water partition coefficient (Wildman–Crippen LogP) is 5.41. The van der Waals surface area contributed by atoms with Crippen molar-refractivity contribution in [2.24, 2.45) is 0 Å². The highest BCUT2D eigenvalue weighted by molar-refractivity contribution is 5.83. The third kappa shape index (κ3) is 5.78. The first kappa shape index (κ1) is 20.3.